The first-order chi connectivity index (χ1) is 8.56. The van der Waals surface area contributed by atoms with Crippen LogP contribution in [-0.2, 0) is 14.4 Å². The summed E-state index contributed by atoms with van der Waals surface area (Å²) in [5.41, 5.74) is -1.06. The summed E-state index contributed by atoms with van der Waals surface area (Å²) >= 11 is 0. The second-order valence-corrected chi connectivity index (χ2v) is 5.31. The van der Waals surface area contributed by atoms with E-state index in [0.29, 0.717) is 0 Å². The maximum Gasteiger partial charge on any atom is 0.310 e. The summed E-state index contributed by atoms with van der Waals surface area (Å²) < 4.78 is 0. The van der Waals surface area contributed by atoms with Crippen molar-refractivity contribution in [2.24, 2.45) is 11.3 Å². The van der Waals surface area contributed by atoms with Crippen molar-refractivity contribution >= 4 is 17.9 Å². The number of nitrogens with zero attached hydrogens (tertiary/aromatic N) is 1. The van der Waals surface area contributed by atoms with Crippen LogP contribution in [0.25, 0.3) is 0 Å². The number of carboxylic acid groups (broad SMARTS) is 3. The van der Waals surface area contributed by atoms with Gasteiger partial charge in [-0.25, -0.2) is 0 Å². The highest BCUT2D eigenvalue weighted by Gasteiger charge is 2.31. The molecule has 110 valence electrons. The van der Waals surface area contributed by atoms with Gasteiger partial charge < -0.3 is 20.2 Å². The second-order valence-electron chi connectivity index (χ2n) is 5.31. The van der Waals surface area contributed by atoms with Crippen LogP contribution in [0.4, 0.5) is 0 Å². The van der Waals surface area contributed by atoms with Crippen LogP contribution in [0.3, 0.4) is 0 Å². The van der Waals surface area contributed by atoms with Gasteiger partial charge in [-0.3, -0.25) is 14.4 Å². The molecule has 0 saturated carbocycles. The Balaban J connectivity index is 4.71. The van der Waals surface area contributed by atoms with Gasteiger partial charge in [0, 0.05) is 19.6 Å². The molecular weight excluding hydrogens is 254 g/mol. The van der Waals surface area contributed by atoms with Crippen molar-refractivity contribution in [1.29, 1.82) is 0 Å². The van der Waals surface area contributed by atoms with Crippen molar-refractivity contribution in [1.82, 2.24) is 4.90 Å². The number of rotatable bonds is 9. The highest BCUT2D eigenvalue weighted by Crippen LogP contribution is 2.18. The number of aliphatic carboxylic acids is 3. The topological polar surface area (TPSA) is 115 Å². The summed E-state index contributed by atoms with van der Waals surface area (Å²) in [7, 11) is 0. The highest BCUT2D eigenvalue weighted by molar-refractivity contribution is 5.74. The van der Waals surface area contributed by atoms with Crippen LogP contribution >= 0.6 is 0 Å². The van der Waals surface area contributed by atoms with Gasteiger partial charge in [0.15, 0.2) is 0 Å². The molecule has 0 aromatic rings. The predicted molar refractivity (Wildman–Crippen MR) is 66.9 cm³/mol. The van der Waals surface area contributed by atoms with Crippen molar-refractivity contribution < 1.29 is 29.7 Å². The Morgan fingerprint density at radius 3 is 2.05 bits per heavy atom. The Hall–Kier alpha value is -1.63. The molecule has 0 aliphatic rings. The summed E-state index contributed by atoms with van der Waals surface area (Å²) in [6.45, 7) is 4.91. The molecule has 3 N–H and O–H groups in total. The zero-order chi connectivity index (χ0) is 15.2. The largest absolute Gasteiger partial charge is 0.481 e. The standard InChI is InChI=1S/C12H21NO6/c1-8(10(16)17)6-13(5-4-9(14)15)7-12(2,3)11(18)19/h8H,4-7H2,1-3H3,(H,14,15)(H,16,17)(H,18,19). The molecule has 0 rings (SSSR count). The van der Waals surface area contributed by atoms with Crippen molar-refractivity contribution in [2.45, 2.75) is 27.2 Å². The van der Waals surface area contributed by atoms with E-state index in [2.05, 4.69) is 0 Å². The SMILES string of the molecule is CC(CN(CCC(=O)O)CC(C)(C)C(=O)O)C(=O)O. The maximum atomic E-state index is 11.1. The summed E-state index contributed by atoms with van der Waals surface area (Å²) in [5.74, 6) is -3.68. The van der Waals surface area contributed by atoms with E-state index in [1.165, 1.54) is 20.8 Å². The van der Waals surface area contributed by atoms with Crippen LogP contribution < -0.4 is 0 Å². The van der Waals surface area contributed by atoms with Crippen LogP contribution in [0, 0.1) is 11.3 Å². The lowest BCUT2D eigenvalue weighted by Crippen LogP contribution is -2.43. The van der Waals surface area contributed by atoms with E-state index in [4.69, 9.17) is 15.3 Å². The van der Waals surface area contributed by atoms with Crippen LogP contribution in [-0.4, -0.2) is 57.8 Å². The first-order valence-corrected chi connectivity index (χ1v) is 5.96. The van der Waals surface area contributed by atoms with E-state index in [9.17, 15) is 14.4 Å². The van der Waals surface area contributed by atoms with E-state index in [1.54, 1.807) is 4.90 Å². The zero-order valence-corrected chi connectivity index (χ0v) is 11.4. The molecule has 0 aromatic carbocycles. The van der Waals surface area contributed by atoms with Gasteiger partial charge in [-0.05, 0) is 13.8 Å². The third-order valence-electron chi connectivity index (χ3n) is 2.79. The van der Waals surface area contributed by atoms with Gasteiger partial charge in [0.1, 0.15) is 0 Å². The fourth-order valence-corrected chi connectivity index (χ4v) is 1.58. The average molecular weight is 275 g/mol. The van der Waals surface area contributed by atoms with Crippen molar-refractivity contribution in [2.75, 3.05) is 19.6 Å². The van der Waals surface area contributed by atoms with E-state index < -0.39 is 29.2 Å². The molecule has 19 heavy (non-hydrogen) atoms. The summed E-state index contributed by atoms with van der Waals surface area (Å²) in [5, 5.41) is 26.6. The molecule has 1 unspecified atom stereocenters. The van der Waals surface area contributed by atoms with Crippen LogP contribution in [0.5, 0.6) is 0 Å². The molecule has 0 fully saturated rings. The average Bonchev–Trinajstić information content (AvgIpc) is 2.24. The van der Waals surface area contributed by atoms with E-state index in [0.717, 1.165) is 0 Å². The normalized spacial score (nSPS) is 13.3. The number of carbonyl (C=O) groups is 3. The Labute approximate surface area is 111 Å². The molecule has 0 saturated heterocycles. The minimum Gasteiger partial charge on any atom is -0.481 e. The molecule has 0 heterocycles. The summed E-state index contributed by atoms with van der Waals surface area (Å²) in [4.78, 5) is 34.0. The number of carboxylic acids is 3. The third kappa shape index (κ3) is 6.76. The van der Waals surface area contributed by atoms with E-state index in [-0.39, 0.29) is 26.1 Å². The van der Waals surface area contributed by atoms with Crippen molar-refractivity contribution in [3.8, 4) is 0 Å². The predicted octanol–water partition coefficient (Wildman–Crippen LogP) is 0.595. The minimum atomic E-state index is -1.06. The fraction of sp³-hybridized carbons (Fsp3) is 0.750. The molecule has 7 heteroatoms. The van der Waals surface area contributed by atoms with Crippen LogP contribution in [0.15, 0.2) is 0 Å². The van der Waals surface area contributed by atoms with Gasteiger partial charge in [0.2, 0.25) is 0 Å². The molecule has 0 radical (unpaired) electrons. The summed E-state index contributed by atoms with van der Waals surface area (Å²) in [6.07, 6.45) is -0.151. The first kappa shape index (κ1) is 17.4. The lowest BCUT2D eigenvalue weighted by molar-refractivity contribution is -0.148. The Bertz CT molecular complexity index is 352. The number of hydrogen-bond donors (Lipinski definition) is 3. The molecular formula is C12H21NO6. The lowest BCUT2D eigenvalue weighted by Gasteiger charge is -2.30. The quantitative estimate of drug-likeness (QED) is 0.564. The van der Waals surface area contributed by atoms with Gasteiger partial charge in [0.25, 0.3) is 0 Å². The fourth-order valence-electron chi connectivity index (χ4n) is 1.58. The molecule has 0 bridgehead atoms. The smallest absolute Gasteiger partial charge is 0.310 e. The molecule has 0 aromatic heterocycles. The summed E-state index contributed by atoms with van der Waals surface area (Å²) in [6, 6.07) is 0. The second kappa shape index (κ2) is 7.08. The van der Waals surface area contributed by atoms with Crippen LogP contribution in [0.1, 0.15) is 27.2 Å². The zero-order valence-electron chi connectivity index (χ0n) is 11.4. The minimum absolute atomic E-state index is 0.104. The van der Waals surface area contributed by atoms with E-state index in [1.807, 2.05) is 0 Å². The van der Waals surface area contributed by atoms with Crippen LogP contribution in [0.2, 0.25) is 0 Å². The highest BCUT2D eigenvalue weighted by atomic mass is 16.4. The van der Waals surface area contributed by atoms with Gasteiger partial charge >= 0.3 is 17.9 Å². The molecule has 7 nitrogen and oxygen atoms in total. The molecule has 0 spiro atoms. The van der Waals surface area contributed by atoms with Crippen molar-refractivity contribution in [3.05, 3.63) is 0 Å². The maximum absolute atomic E-state index is 11.1. The molecule has 1 atom stereocenters. The number of hydrogen-bond acceptors (Lipinski definition) is 4. The molecule has 0 aliphatic heterocycles. The van der Waals surface area contributed by atoms with Crippen molar-refractivity contribution in [3.63, 3.8) is 0 Å². The third-order valence-corrected chi connectivity index (χ3v) is 2.79. The first-order valence-electron chi connectivity index (χ1n) is 5.96. The van der Waals surface area contributed by atoms with Gasteiger partial charge in [0.05, 0.1) is 17.8 Å². The lowest BCUT2D eigenvalue weighted by atomic mass is 9.92. The monoisotopic (exact) mass is 275 g/mol. The van der Waals surface area contributed by atoms with Gasteiger partial charge in [-0.2, -0.15) is 0 Å². The van der Waals surface area contributed by atoms with E-state index >= 15 is 0 Å². The molecule has 0 aliphatic carbocycles. The molecule has 0 amide bonds. The van der Waals surface area contributed by atoms with Gasteiger partial charge in [-0.1, -0.05) is 6.92 Å². The van der Waals surface area contributed by atoms with Gasteiger partial charge in [-0.15, -0.1) is 0 Å². The Morgan fingerprint density at radius 1 is 1.16 bits per heavy atom. The Kier molecular flexibility index (Phi) is 6.47. The Morgan fingerprint density at radius 2 is 1.68 bits per heavy atom.